The molecule has 0 bridgehead atoms. The van der Waals surface area contributed by atoms with E-state index in [1.165, 1.54) is 38.6 Å². The number of fused-ring (bicyclic) bond motifs is 1. The number of hydrogen-bond donors (Lipinski definition) is 0. The fourth-order valence-corrected chi connectivity index (χ4v) is 5.58. The van der Waals surface area contributed by atoms with Crippen molar-refractivity contribution in [3.05, 3.63) is 29.3 Å². The number of rotatable bonds is 3. The van der Waals surface area contributed by atoms with E-state index in [0.717, 1.165) is 75.0 Å². The second-order valence-electron chi connectivity index (χ2n) is 9.17. The van der Waals surface area contributed by atoms with Crippen LogP contribution < -0.4 is 4.74 Å². The molecule has 28 heavy (non-hydrogen) atoms. The van der Waals surface area contributed by atoms with Crippen LogP contribution in [0.1, 0.15) is 54.4 Å². The van der Waals surface area contributed by atoms with Crippen LogP contribution in [-0.4, -0.2) is 67.2 Å². The van der Waals surface area contributed by atoms with Crippen molar-refractivity contribution in [2.45, 2.75) is 50.5 Å². The largest absolute Gasteiger partial charge is 0.493 e. The molecule has 1 atom stereocenters. The lowest BCUT2D eigenvalue weighted by Crippen LogP contribution is -2.54. The Labute approximate surface area is 168 Å². The van der Waals surface area contributed by atoms with Crippen molar-refractivity contribution in [1.29, 1.82) is 0 Å². The van der Waals surface area contributed by atoms with Gasteiger partial charge in [-0.1, -0.05) is 19.3 Å². The predicted molar refractivity (Wildman–Crippen MR) is 108 cm³/mol. The monoisotopic (exact) mass is 384 g/mol. The van der Waals surface area contributed by atoms with Gasteiger partial charge in [0, 0.05) is 38.2 Å². The minimum Gasteiger partial charge on any atom is -0.493 e. The molecule has 1 unspecified atom stereocenters. The standard InChI is InChI=1S/C23H32N2O3/c26-22(20-6-7-21-19(14-20)8-12-27-21)25-10-9-23(17-25)16-24(11-13-28-23)15-18-4-2-1-3-5-18/h6-7,14,18H,1-5,8-13,15-17H2. The zero-order valence-corrected chi connectivity index (χ0v) is 16.8. The molecule has 5 rings (SSSR count). The Kier molecular flexibility index (Phi) is 5.06. The summed E-state index contributed by atoms with van der Waals surface area (Å²) in [6, 6.07) is 5.88. The first kappa shape index (κ1) is 18.4. The van der Waals surface area contributed by atoms with Crippen LogP contribution >= 0.6 is 0 Å². The van der Waals surface area contributed by atoms with Crippen molar-refractivity contribution < 1.29 is 14.3 Å². The quantitative estimate of drug-likeness (QED) is 0.803. The van der Waals surface area contributed by atoms with Gasteiger partial charge >= 0.3 is 0 Å². The molecule has 3 fully saturated rings. The van der Waals surface area contributed by atoms with E-state index in [-0.39, 0.29) is 11.5 Å². The third kappa shape index (κ3) is 3.67. The van der Waals surface area contributed by atoms with Gasteiger partial charge in [-0.2, -0.15) is 0 Å². The zero-order valence-electron chi connectivity index (χ0n) is 16.8. The van der Waals surface area contributed by atoms with E-state index >= 15 is 0 Å². The van der Waals surface area contributed by atoms with Crippen LogP contribution in [0.5, 0.6) is 5.75 Å². The molecule has 1 spiro atoms. The van der Waals surface area contributed by atoms with Gasteiger partial charge in [0.05, 0.1) is 19.8 Å². The molecule has 1 amide bonds. The number of benzene rings is 1. The van der Waals surface area contributed by atoms with E-state index in [4.69, 9.17) is 9.47 Å². The molecular weight excluding hydrogens is 352 g/mol. The summed E-state index contributed by atoms with van der Waals surface area (Å²) in [5, 5.41) is 0. The highest BCUT2D eigenvalue weighted by atomic mass is 16.5. The van der Waals surface area contributed by atoms with Crippen LogP contribution in [0, 0.1) is 5.92 Å². The Bertz CT molecular complexity index is 731. The van der Waals surface area contributed by atoms with Crippen molar-refractivity contribution in [3.63, 3.8) is 0 Å². The van der Waals surface area contributed by atoms with Gasteiger partial charge < -0.3 is 14.4 Å². The topological polar surface area (TPSA) is 42.0 Å². The Morgan fingerprint density at radius 3 is 2.89 bits per heavy atom. The molecule has 3 aliphatic heterocycles. The smallest absolute Gasteiger partial charge is 0.253 e. The Balaban J connectivity index is 1.22. The Hall–Kier alpha value is -1.59. The van der Waals surface area contributed by atoms with Crippen molar-refractivity contribution in [3.8, 4) is 5.75 Å². The lowest BCUT2D eigenvalue weighted by Gasteiger charge is -2.42. The minimum absolute atomic E-state index is 0.138. The molecule has 4 aliphatic rings. The van der Waals surface area contributed by atoms with E-state index in [2.05, 4.69) is 4.90 Å². The van der Waals surface area contributed by atoms with Crippen molar-refractivity contribution in [2.24, 2.45) is 5.92 Å². The Morgan fingerprint density at radius 1 is 1.11 bits per heavy atom. The van der Waals surface area contributed by atoms with Gasteiger partial charge in [-0.25, -0.2) is 0 Å². The van der Waals surface area contributed by atoms with Gasteiger partial charge in [-0.3, -0.25) is 9.69 Å². The summed E-state index contributed by atoms with van der Waals surface area (Å²) in [6.45, 7) is 6.27. The number of carbonyl (C=O) groups is 1. The van der Waals surface area contributed by atoms with Gasteiger partial charge in [0.2, 0.25) is 0 Å². The molecule has 1 aromatic carbocycles. The van der Waals surface area contributed by atoms with Crippen LogP contribution in [0.25, 0.3) is 0 Å². The molecule has 1 saturated carbocycles. The van der Waals surface area contributed by atoms with E-state index in [0.29, 0.717) is 0 Å². The maximum absolute atomic E-state index is 13.1. The molecule has 0 aromatic heterocycles. The maximum Gasteiger partial charge on any atom is 0.253 e. The predicted octanol–water partition coefficient (Wildman–Crippen LogP) is 3.12. The number of morpholine rings is 1. The lowest BCUT2D eigenvalue weighted by atomic mass is 9.88. The average Bonchev–Trinajstić information content (AvgIpc) is 3.35. The van der Waals surface area contributed by atoms with Crippen LogP contribution in [0.15, 0.2) is 18.2 Å². The molecule has 152 valence electrons. The Morgan fingerprint density at radius 2 is 2.00 bits per heavy atom. The highest BCUT2D eigenvalue weighted by Crippen LogP contribution is 2.33. The summed E-state index contributed by atoms with van der Waals surface area (Å²) >= 11 is 0. The summed E-state index contributed by atoms with van der Waals surface area (Å²) in [5.41, 5.74) is 1.78. The average molecular weight is 385 g/mol. The summed E-state index contributed by atoms with van der Waals surface area (Å²) in [4.78, 5) is 17.7. The molecule has 5 heteroatoms. The van der Waals surface area contributed by atoms with E-state index in [1.54, 1.807) is 0 Å². The number of amides is 1. The number of carbonyl (C=O) groups excluding carboxylic acids is 1. The molecule has 1 aliphatic carbocycles. The van der Waals surface area contributed by atoms with Crippen LogP contribution in [0.4, 0.5) is 0 Å². The number of likely N-dealkylation sites (tertiary alicyclic amines) is 1. The molecule has 2 saturated heterocycles. The highest BCUT2D eigenvalue weighted by molar-refractivity contribution is 5.95. The zero-order chi connectivity index (χ0) is 19.0. The van der Waals surface area contributed by atoms with Gasteiger partial charge in [-0.05, 0) is 48.9 Å². The second-order valence-corrected chi connectivity index (χ2v) is 9.17. The van der Waals surface area contributed by atoms with Crippen LogP contribution in [-0.2, 0) is 11.2 Å². The molecule has 1 aromatic rings. The summed E-state index contributed by atoms with van der Waals surface area (Å²) in [7, 11) is 0. The fourth-order valence-electron chi connectivity index (χ4n) is 5.58. The first-order valence-corrected chi connectivity index (χ1v) is 11.1. The van der Waals surface area contributed by atoms with Crippen LogP contribution in [0.3, 0.4) is 0 Å². The number of ether oxygens (including phenoxy) is 2. The van der Waals surface area contributed by atoms with E-state index in [9.17, 15) is 4.79 Å². The third-order valence-electron chi connectivity index (χ3n) is 7.11. The third-order valence-corrected chi connectivity index (χ3v) is 7.11. The van der Waals surface area contributed by atoms with Crippen molar-refractivity contribution >= 4 is 5.91 Å². The van der Waals surface area contributed by atoms with E-state index < -0.39 is 0 Å². The molecule has 0 N–H and O–H groups in total. The number of hydrogen-bond acceptors (Lipinski definition) is 4. The van der Waals surface area contributed by atoms with Crippen molar-refractivity contribution in [1.82, 2.24) is 9.80 Å². The first-order valence-electron chi connectivity index (χ1n) is 11.1. The van der Waals surface area contributed by atoms with Gasteiger partial charge in [-0.15, -0.1) is 0 Å². The van der Waals surface area contributed by atoms with Gasteiger partial charge in [0.1, 0.15) is 11.4 Å². The van der Waals surface area contributed by atoms with Crippen LogP contribution in [0.2, 0.25) is 0 Å². The fraction of sp³-hybridized carbons (Fsp3) is 0.696. The van der Waals surface area contributed by atoms with Gasteiger partial charge in [0.25, 0.3) is 5.91 Å². The molecule has 5 nitrogen and oxygen atoms in total. The van der Waals surface area contributed by atoms with E-state index in [1.807, 2.05) is 23.1 Å². The molecule has 0 radical (unpaired) electrons. The molecular formula is C23H32N2O3. The summed E-state index contributed by atoms with van der Waals surface area (Å²) in [6.07, 6.45) is 8.83. The number of nitrogens with zero attached hydrogens (tertiary/aromatic N) is 2. The highest BCUT2D eigenvalue weighted by Gasteiger charge is 2.44. The van der Waals surface area contributed by atoms with Gasteiger partial charge in [0.15, 0.2) is 0 Å². The lowest BCUT2D eigenvalue weighted by molar-refractivity contribution is -0.103. The first-order chi connectivity index (χ1) is 13.7. The SMILES string of the molecule is O=C(c1ccc2c(c1)CCO2)N1CCC2(CN(CC3CCCCC3)CCO2)C1. The normalized spacial score (nSPS) is 28.5. The summed E-state index contributed by atoms with van der Waals surface area (Å²) in [5.74, 6) is 1.93. The minimum atomic E-state index is -0.164. The maximum atomic E-state index is 13.1. The second kappa shape index (κ2) is 7.68. The molecule has 3 heterocycles. The van der Waals surface area contributed by atoms with Crippen molar-refractivity contribution in [2.75, 3.05) is 45.9 Å². The summed E-state index contributed by atoms with van der Waals surface area (Å²) < 4.78 is 11.9.